The molecule has 3 aliphatic rings. The monoisotopic (exact) mass is 720 g/mol. The van der Waals surface area contributed by atoms with Crippen LogP contribution in [-0.2, 0) is 25.2 Å². The second-order valence-electron chi connectivity index (χ2n) is 12.5. The first-order valence-electron chi connectivity index (χ1n) is 17.0. The van der Waals surface area contributed by atoms with Crippen LogP contribution in [0, 0.1) is 17.1 Å². The number of para-hydroxylation sites is 1. The Hall–Kier alpha value is -4.75. The van der Waals surface area contributed by atoms with Crippen molar-refractivity contribution in [3.05, 3.63) is 83.2 Å². The molecule has 13 nitrogen and oxygen atoms in total. The molecular weight excluding hydrogens is 679 g/mol. The van der Waals surface area contributed by atoms with Crippen LogP contribution in [0.25, 0.3) is 0 Å². The number of anilines is 1. The van der Waals surface area contributed by atoms with E-state index in [1.165, 1.54) is 42.5 Å². The first-order chi connectivity index (χ1) is 24.6. The third kappa shape index (κ3) is 6.72. The van der Waals surface area contributed by atoms with Crippen molar-refractivity contribution in [2.75, 3.05) is 63.8 Å². The molecule has 0 aliphatic carbocycles. The Morgan fingerprint density at radius 2 is 1.69 bits per heavy atom. The number of amides is 2. The predicted octanol–water partition coefficient (Wildman–Crippen LogP) is 3.83. The number of piperazine rings is 1. The minimum absolute atomic E-state index is 0.0721. The van der Waals surface area contributed by atoms with Gasteiger partial charge in [-0.1, -0.05) is 25.1 Å². The highest BCUT2D eigenvalue weighted by atomic mass is 32.2. The van der Waals surface area contributed by atoms with Crippen LogP contribution in [0.5, 0.6) is 11.5 Å². The van der Waals surface area contributed by atoms with Crippen LogP contribution in [0.3, 0.4) is 0 Å². The number of carbonyl (C=O) groups excluding carboxylic acids is 2. The van der Waals surface area contributed by atoms with Crippen molar-refractivity contribution in [3.63, 3.8) is 0 Å². The third-order valence-electron chi connectivity index (χ3n) is 9.82. The number of nitrogens with zero attached hydrogens (tertiary/aromatic N) is 5. The lowest BCUT2D eigenvalue weighted by atomic mass is 9.82. The summed E-state index contributed by atoms with van der Waals surface area (Å²) in [5.41, 5.74) is -3.21. The van der Waals surface area contributed by atoms with E-state index >= 15 is 4.39 Å². The lowest BCUT2D eigenvalue weighted by Gasteiger charge is -2.42. The van der Waals surface area contributed by atoms with Gasteiger partial charge in [-0.2, -0.15) is 9.57 Å². The first kappa shape index (κ1) is 36.1. The van der Waals surface area contributed by atoms with Gasteiger partial charge >= 0.3 is 6.09 Å². The van der Waals surface area contributed by atoms with Crippen molar-refractivity contribution < 1.29 is 36.7 Å². The fraction of sp³-hybridized carbons (Fsp3) is 0.417. The van der Waals surface area contributed by atoms with Gasteiger partial charge in [0.05, 0.1) is 29.9 Å². The molecule has 0 saturated carbocycles. The standard InChI is InChI=1S/C36H41FN6O7S/c1-4-40-18-20-41(21-19-40)26-14-16-42(17-15-26)50-35(45)39-36(29-8-6-7-9-33(29)49-5-2)30-22-25(24-38)31(37)23-32(30)43(34(36)44)51(46,47)28-12-10-27(48-3)11-13-28/h6-13,22-23,26H,4-5,14-21H2,1-3H3,(H,39,45). The number of fused-ring (bicyclic) bond motifs is 1. The van der Waals surface area contributed by atoms with Crippen molar-refractivity contribution in [3.8, 4) is 17.6 Å². The molecule has 270 valence electrons. The molecule has 51 heavy (non-hydrogen) atoms. The molecule has 15 heteroatoms. The lowest BCUT2D eigenvalue weighted by Crippen LogP contribution is -2.56. The Kier molecular flexibility index (Phi) is 10.5. The summed E-state index contributed by atoms with van der Waals surface area (Å²) >= 11 is 0. The summed E-state index contributed by atoms with van der Waals surface area (Å²) in [5, 5.41) is 14.0. The van der Waals surface area contributed by atoms with Gasteiger partial charge in [-0.15, -0.1) is 5.06 Å². The molecule has 3 aromatic carbocycles. The topological polar surface area (TPSA) is 145 Å². The van der Waals surface area contributed by atoms with Gasteiger partial charge in [0, 0.05) is 62.5 Å². The zero-order valence-corrected chi connectivity index (χ0v) is 29.6. The summed E-state index contributed by atoms with van der Waals surface area (Å²) in [6.45, 7) is 9.95. The fourth-order valence-corrected chi connectivity index (χ4v) is 8.58. The Balaban J connectivity index is 1.37. The quantitative estimate of drug-likeness (QED) is 0.326. The van der Waals surface area contributed by atoms with E-state index in [1.807, 2.05) is 0 Å². The summed E-state index contributed by atoms with van der Waals surface area (Å²) in [4.78, 5) is 39.3. The summed E-state index contributed by atoms with van der Waals surface area (Å²) in [6.07, 6.45) is 0.484. The van der Waals surface area contributed by atoms with Crippen LogP contribution in [0.15, 0.2) is 65.6 Å². The van der Waals surface area contributed by atoms with Crippen LogP contribution < -0.4 is 19.1 Å². The minimum Gasteiger partial charge on any atom is -0.497 e. The van der Waals surface area contributed by atoms with E-state index in [9.17, 15) is 23.3 Å². The maximum Gasteiger partial charge on any atom is 0.427 e. The number of sulfonamides is 1. The van der Waals surface area contributed by atoms with Crippen molar-refractivity contribution in [1.29, 1.82) is 5.26 Å². The van der Waals surface area contributed by atoms with Gasteiger partial charge in [0.1, 0.15) is 23.4 Å². The highest BCUT2D eigenvalue weighted by molar-refractivity contribution is 7.93. The fourth-order valence-electron chi connectivity index (χ4n) is 7.13. The van der Waals surface area contributed by atoms with Crippen LogP contribution in [0.2, 0.25) is 0 Å². The molecule has 0 aromatic heterocycles. The Morgan fingerprint density at radius 3 is 2.31 bits per heavy atom. The number of piperidine rings is 1. The van der Waals surface area contributed by atoms with Crippen molar-refractivity contribution in [1.82, 2.24) is 20.2 Å². The zero-order chi connectivity index (χ0) is 36.3. The molecular formula is C36H41FN6O7S. The van der Waals surface area contributed by atoms with E-state index in [-0.39, 0.29) is 34.1 Å². The number of likely N-dealkylation sites (N-methyl/N-ethyl adjacent to an activating group) is 1. The average molecular weight is 721 g/mol. The van der Waals surface area contributed by atoms with Gasteiger partial charge in [-0.25, -0.2) is 17.6 Å². The van der Waals surface area contributed by atoms with E-state index in [0.29, 0.717) is 29.2 Å². The highest BCUT2D eigenvalue weighted by Gasteiger charge is 2.59. The van der Waals surface area contributed by atoms with E-state index in [1.54, 1.807) is 31.2 Å². The van der Waals surface area contributed by atoms with Crippen LogP contribution in [0.4, 0.5) is 14.9 Å². The summed E-state index contributed by atoms with van der Waals surface area (Å²) in [6, 6.07) is 15.7. The molecule has 0 bridgehead atoms. The zero-order valence-electron chi connectivity index (χ0n) is 28.8. The predicted molar refractivity (Wildman–Crippen MR) is 185 cm³/mol. The maximum atomic E-state index is 15.3. The van der Waals surface area contributed by atoms with Gasteiger partial charge < -0.3 is 19.2 Å². The number of hydrogen-bond donors (Lipinski definition) is 1. The number of rotatable bonds is 10. The molecule has 0 radical (unpaired) electrons. The second kappa shape index (κ2) is 14.8. The smallest absolute Gasteiger partial charge is 0.427 e. The molecule has 3 aromatic rings. The Bertz CT molecular complexity index is 1920. The highest BCUT2D eigenvalue weighted by Crippen LogP contribution is 2.50. The molecule has 1 atom stereocenters. The largest absolute Gasteiger partial charge is 0.497 e. The SMILES string of the molecule is CCOc1ccccc1C1(NC(=O)ON2CCC(N3CCN(CC)CC3)CC2)C(=O)N(S(=O)(=O)c2ccc(OC)cc2)c2cc(F)c(C#N)cc21. The Morgan fingerprint density at radius 1 is 1.00 bits per heavy atom. The van der Waals surface area contributed by atoms with E-state index in [0.717, 1.165) is 57.7 Å². The molecule has 1 N–H and O–H groups in total. The maximum absolute atomic E-state index is 15.3. The second-order valence-corrected chi connectivity index (χ2v) is 14.3. The number of nitriles is 1. The van der Waals surface area contributed by atoms with Gasteiger partial charge in [-0.3, -0.25) is 15.0 Å². The Labute approximate surface area is 297 Å². The summed E-state index contributed by atoms with van der Waals surface area (Å²) in [5.74, 6) is -1.65. The summed E-state index contributed by atoms with van der Waals surface area (Å²) < 4.78 is 55.4. The number of methoxy groups -OCH3 is 1. The number of carbonyl (C=O) groups is 2. The molecule has 2 fully saturated rings. The number of halogens is 1. The van der Waals surface area contributed by atoms with Gasteiger partial charge in [0.15, 0.2) is 5.54 Å². The number of nitrogens with one attached hydrogen (secondary N) is 1. The van der Waals surface area contributed by atoms with Crippen molar-refractivity contribution in [2.24, 2.45) is 0 Å². The number of benzene rings is 3. The molecule has 2 saturated heterocycles. The normalized spacial score (nSPS) is 20.5. The average Bonchev–Trinajstić information content (AvgIpc) is 3.38. The molecule has 6 rings (SSSR count). The van der Waals surface area contributed by atoms with Gasteiger partial charge in [0.2, 0.25) is 0 Å². The summed E-state index contributed by atoms with van der Waals surface area (Å²) in [7, 11) is -3.30. The minimum atomic E-state index is -4.72. The molecule has 1 unspecified atom stereocenters. The first-order valence-corrected chi connectivity index (χ1v) is 18.4. The number of ether oxygens (including phenoxy) is 2. The molecule has 0 spiro atoms. The van der Waals surface area contributed by atoms with E-state index in [4.69, 9.17) is 14.3 Å². The lowest BCUT2D eigenvalue weighted by molar-refractivity contribution is -0.130. The number of hydrogen-bond acceptors (Lipinski definition) is 11. The van der Waals surface area contributed by atoms with Gasteiger partial charge in [-0.05, 0) is 62.7 Å². The third-order valence-corrected chi connectivity index (χ3v) is 11.5. The molecule has 2 amide bonds. The van der Waals surface area contributed by atoms with Crippen LogP contribution in [0.1, 0.15) is 43.4 Å². The number of hydroxylamine groups is 2. The van der Waals surface area contributed by atoms with Crippen LogP contribution >= 0.6 is 0 Å². The van der Waals surface area contributed by atoms with Crippen LogP contribution in [-0.4, -0.2) is 101 Å². The van der Waals surface area contributed by atoms with Crippen molar-refractivity contribution >= 4 is 27.7 Å². The molecule has 3 heterocycles. The van der Waals surface area contributed by atoms with E-state index in [2.05, 4.69) is 22.0 Å². The molecule has 3 aliphatic heterocycles. The van der Waals surface area contributed by atoms with Gasteiger partial charge in [0.25, 0.3) is 15.9 Å². The van der Waals surface area contributed by atoms with E-state index < -0.39 is 38.9 Å². The van der Waals surface area contributed by atoms with Crippen molar-refractivity contribution in [2.45, 2.75) is 43.2 Å².